The number of benzene rings is 3. The summed E-state index contributed by atoms with van der Waals surface area (Å²) in [6.07, 6.45) is 2.37. The second kappa shape index (κ2) is 13.7. The molecule has 44 heavy (non-hydrogen) atoms. The Morgan fingerprint density at radius 1 is 0.932 bits per heavy atom. The number of methoxy groups -OCH3 is 3. The van der Waals surface area contributed by atoms with E-state index in [2.05, 4.69) is 17.0 Å². The van der Waals surface area contributed by atoms with E-state index in [1.165, 1.54) is 21.3 Å². The summed E-state index contributed by atoms with van der Waals surface area (Å²) in [7, 11) is 4.59. The van der Waals surface area contributed by atoms with Gasteiger partial charge in [-0.3, -0.25) is 9.59 Å². The summed E-state index contributed by atoms with van der Waals surface area (Å²) in [6, 6.07) is 19.3. The molecule has 2 aliphatic heterocycles. The summed E-state index contributed by atoms with van der Waals surface area (Å²) in [6.45, 7) is 3.27. The fourth-order valence-corrected chi connectivity index (χ4v) is 7.12. The van der Waals surface area contributed by atoms with Crippen LogP contribution in [-0.2, 0) is 10.2 Å². The minimum absolute atomic E-state index is 0.104. The highest BCUT2D eigenvalue weighted by Gasteiger charge is 2.43. The molecule has 0 aromatic heterocycles. The van der Waals surface area contributed by atoms with Crippen molar-refractivity contribution in [3.05, 3.63) is 87.4 Å². The highest BCUT2D eigenvalue weighted by atomic mass is 35.5. The molecule has 2 saturated heterocycles. The van der Waals surface area contributed by atoms with Gasteiger partial charge in [-0.15, -0.1) is 0 Å². The number of carbonyl (C=O) groups excluding carboxylic acids is 2. The maximum absolute atomic E-state index is 13.9. The van der Waals surface area contributed by atoms with Crippen molar-refractivity contribution in [3.63, 3.8) is 0 Å². The monoisotopic (exact) mass is 639 g/mol. The predicted octanol–water partition coefficient (Wildman–Crippen LogP) is 5.78. The smallest absolute Gasteiger partial charge is 0.254 e. The third-order valence-corrected chi connectivity index (χ3v) is 10.0. The molecule has 10 heteroatoms. The minimum atomic E-state index is -0.358. The van der Waals surface area contributed by atoms with Crippen molar-refractivity contribution in [2.75, 3.05) is 54.1 Å². The summed E-state index contributed by atoms with van der Waals surface area (Å²) < 4.78 is 16.4. The van der Waals surface area contributed by atoms with Crippen molar-refractivity contribution in [3.8, 4) is 17.2 Å². The summed E-state index contributed by atoms with van der Waals surface area (Å²) >= 11 is 12.8. The summed E-state index contributed by atoms with van der Waals surface area (Å²) in [5, 5.41) is 0.969. The van der Waals surface area contributed by atoms with Crippen molar-refractivity contribution in [2.45, 2.75) is 30.6 Å². The van der Waals surface area contributed by atoms with Gasteiger partial charge in [-0.05, 0) is 73.7 Å². The quantitative estimate of drug-likeness (QED) is 0.302. The molecule has 234 valence electrons. The Morgan fingerprint density at radius 3 is 2.25 bits per heavy atom. The van der Waals surface area contributed by atoms with E-state index in [1.54, 1.807) is 12.1 Å². The van der Waals surface area contributed by atoms with Crippen molar-refractivity contribution in [1.29, 1.82) is 0 Å². The molecule has 3 atom stereocenters. The Balaban J connectivity index is 1.38. The summed E-state index contributed by atoms with van der Waals surface area (Å²) in [4.78, 5) is 30.7. The first kappa shape index (κ1) is 31.9. The Morgan fingerprint density at radius 2 is 1.64 bits per heavy atom. The van der Waals surface area contributed by atoms with E-state index in [0.29, 0.717) is 52.5 Å². The van der Waals surface area contributed by atoms with Gasteiger partial charge < -0.3 is 29.7 Å². The topological polar surface area (TPSA) is 94.3 Å². The fourth-order valence-electron chi connectivity index (χ4n) is 6.83. The van der Waals surface area contributed by atoms with Crippen molar-refractivity contribution in [1.82, 2.24) is 9.80 Å². The molecule has 3 aromatic rings. The van der Waals surface area contributed by atoms with Gasteiger partial charge in [0.1, 0.15) is 0 Å². The molecule has 2 heterocycles. The van der Waals surface area contributed by atoms with E-state index in [0.717, 1.165) is 43.5 Å². The largest absolute Gasteiger partial charge is 0.493 e. The Labute approximate surface area is 269 Å². The molecule has 0 aliphatic carbocycles. The average Bonchev–Trinajstić information content (AvgIpc) is 3.49. The maximum Gasteiger partial charge on any atom is 0.254 e. The molecule has 2 amide bonds. The Bertz CT molecular complexity index is 1480. The van der Waals surface area contributed by atoms with Gasteiger partial charge in [0, 0.05) is 30.6 Å². The fraction of sp³-hybridized carbons (Fsp3) is 0.412. The number of piperidine rings is 1. The lowest BCUT2D eigenvalue weighted by Crippen LogP contribution is -2.46. The lowest BCUT2D eigenvalue weighted by atomic mass is 9.76. The zero-order valence-corrected chi connectivity index (χ0v) is 26.9. The molecular weight excluding hydrogens is 601 g/mol. The normalized spacial score (nSPS) is 22.1. The SMILES string of the molecule is COc1cc(C(=O)N2CC[C@](CCN3CC[C@H](c4ccccc4)[C@H](C(N)=O)C3)(c3ccc(Cl)c(Cl)c3)C2)cc(OC)c1OC. The van der Waals surface area contributed by atoms with E-state index >= 15 is 0 Å². The molecule has 5 rings (SSSR count). The first-order valence-corrected chi connectivity index (χ1v) is 15.6. The minimum Gasteiger partial charge on any atom is -0.493 e. The van der Waals surface area contributed by atoms with E-state index in [4.69, 9.17) is 43.1 Å². The number of nitrogens with two attached hydrogens (primary N) is 1. The third kappa shape index (κ3) is 6.48. The molecule has 0 spiro atoms. The lowest BCUT2D eigenvalue weighted by molar-refractivity contribution is -0.124. The van der Waals surface area contributed by atoms with E-state index in [1.807, 2.05) is 41.3 Å². The van der Waals surface area contributed by atoms with Crippen LogP contribution in [0.5, 0.6) is 17.2 Å². The van der Waals surface area contributed by atoms with Gasteiger partial charge in [0.2, 0.25) is 11.7 Å². The number of primary amides is 1. The van der Waals surface area contributed by atoms with Gasteiger partial charge in [-0.25, -0.2) is 0 Å². The molecule has 0 radical (unpaired) electrons. The number of hydrogen-bond donors (Lipinski definition) is 1. The van der Waals surface area contributed by atoms with Crippen LogP contribution in [-0.4, -0.2) is 75.7 Å². The summed E-state index contributed by atoms with van der Waals surface area (Å²) in [5.74, 6) is 0.722. The highest BCUT2D eigenvalue weighted by molar-refractivity contribution is 6.42. The van der Waals surface area contributed by atoms with Gasteiger partial charge in [0.25, 0.3) is 5.91 Å². The molecule has 0 bridgehead atoms. The van der Waals surface area contributed by atoms with Crippen LogP contribution in [0.4, 0.5) is 0 Å². The first-order chi connectivity index (χ1) is 21.2. The van der Waals surface area contributed by atoms with Crippen LogP contribution in [0.2, 0.25) is 10.0 Å². The van der Waals surface area contributed by atoms with Gasteiger partial charge in [0.05, 0.1) is 37.3 Å². The highest BCUT2D eigenvalue weighted by Crippen LogP contribution is 2.43. The number of carbonyl (C=O) groups is 2. The second-order valence-electron chi connectivity index (χ2n) is 11.7. The number of halogens is 2. The van der Waals surface area contributed by atoms with Crippen molar-refractivity contribution in [2.24, 2.45) is 11.7 Å². The maximum atomic E-state index is 13.9. The van der Waals surface area contributed by atoms with Crippen LogP contribution in [0, 0.1) is 5.92 Å². The van der Waals surface area contributed by atoms with E-state index in [9.17, 15) is 9.59 Å². The van der Waals surface area contributed by atoms with Crippen LogP contribution in [0.15, 0.2) is 60.7 Å². The summed E-state index contributed by atoms with van der Waals surface area (Å²) in [5.41, 5.74) is 8.22. The molecule has 2 aliphatic rings. The zero-order valence-electron chi connectivity index (χ0n) is 25.4. The van der Waals surface area contributed by atoms with Crippen LogP contribution >= 0.6 is 23.2 Å². The predicted molar refractivity (Wildman–Crippen MR) is 172 cm³/mol. The molecule has 2 fully saturated rings. The molecule has 8 nitrogen and oxygen atoms in total. The van der Waals surface area contributed by atoms with Crippen LogP contribution < -0.4 is 19.9 Å². The van der Waals surface area contributed by atoms with Crippen molar-refractivity contribution < 1.29 is 23.8 Å². The van der Waals surface area contributed by atoms with Gasteiger partial charge >= 0.3 is 0 Å². The number of hydrogen-bond acceptors (Lipinski definition) is 6. The number of ether oxygens (including phenoxy) is 3. The van der Waals surface area contributed by atoms with Gasteiger partial charge in [-0.2, -0.15) is 0 Å². The lowest BCUT2D eigenvalue weighted by Gasteiger charge is -2.39. The number of amides is 2. The van der Waals surface area contributed by atoms with E-state index in [-0.39, 0.29) is 29.1 Å². The Hall–Kier alpha value is -3.46. The van der Waals surface area contributed by atoms with Crippen LogP contribution in [0.3, 0.4) is 0 Å². The first-order valence-electron chi connectivity index (χ1n) is 14.8. The number of nitrogens with zero attached hydrogens (tertiary/aromatic N) is 2. The number of likely N-dealkylation sites (tertiary alicyclic amines) is 2. The molecule has 0 unspecified atom stereocenters. The second-order valence-corrected chi connectivity index (χ2v) is 12.5. The van der Waals surface area contributed by atoms with Crippen molar-refractivity contribution >= 4 is 35.0 Å². The Kier molecular flexibility index (Phi) is 9.93. The van der Waals surface area contributed by atoms with Gasteiger partial charge in [-0.1, -0.05) is 59.6 Å². The molecule has 0 saturated carbocycles. The standard InChI is InChI=1S/C34H39Cl2N3O5/c1-42-29-17-23(18-30(43-2)31(29)44-3)33(41)39-16-13-34(21-39,24-9-10-27(35)28(36)19-24)12-15-38-14-11-25(26(20-38)32(37)40)22-7-5-4-6-8-22/h4-10,17-19,25-26H,11-16,20-21H2,1-3H3,(H2,37,40)/t25-,26-,34+/m1/s1. The van der Waals surface area contributed by atoms with Gasteiger partial charge in [0.15, 0.2) is 11.5 Å². The molecular formula is C34H39Cl2N3O5. The average molecular weight is 641 g/mol. The number of rotatable bonds is 10. The van der Waals surface area contributed by atoms with Crippen LogP contribution in [0.1, 0.15) is 46.7 Å². The van der Waals surface area contributed by atoms with E-state index < -0.39 is 0 Å². The van der Waals surface area contributed by atoms with Crippen LogP contribution in [0.25, 0.3) is 0 Å². The molecule has 2 N–H and O–H groups in total. The zero-order chi connectivity index (χ0) is 31.4. The third-order valence-electron chi connectivity index (χ3n) is 9.28. The molecule has 3 aromatic carbocycles.